The zero-order valence-electron chi connectivity index (χ0n) is 6.34. The van der Waals surface area contributed by atoms with Crippen molar-refractivity contribution in [3.63, 3.8) is 0 Å². The van der Waals surface area contributed by atoms with Crippen LogP contribution in [-0.4, -0.2) is 18.6 Å². The molecule has 2 rings (SSSR count). The Balaban J connectivity index is 1.99. The maximum Gasteiger partial charge on any atom is 0.0168 e. The van der Waals surface area contributed by atoms with E-state index < -0.39 is 0 Å². The molecule has 0 unspecified atom stereocenters. The van der Waals surface area contributed by atoms with Crippen molar-refractivity contribution in [2.24, 2.45) is 11.7 Å². The Bertz CT molecular complexity index is 124. The Labute approximate surface area is 62.2 Å². The summed E-state index contributed by atoms with van der Waals surface area (Å²) in [5, 5.41) is 3.50. The maximum absolute atomic E-state index is 5.86. The third-order valence-corrected chi connectivity index (χ3v) is 2.85. The van der Waals surface area contributed by atoms with Gasteiger partial charge in [0.05, 0.1) is 0 Å². The molecule has 1 heterocycles. The SMILES string of the molecule is N[C@H]1CN[C@H]2CC[C@H](C1)C2. The summed E-state index contributed by atoms with van der Waals surface area (Å²) in [5.41, 5.74) is 5.86. The van der Waals surface area contributed by atoms with Gasteiger partial charge in [-0.25, -0.2) is 0 Å². The van der Waals surface area contributed by atoms with E-state index in [0.717, 1.165) is 18.5 Å². The summed E-state index contributed by atoms with van der Waals surface area (Å²) in [4.78, 5) is 0. The van der Waals surface area contributed by atoms with E-state index in [-0.39, 0.29) is 0 Å². The largest absolute Gasteiger partial charge is 0.327 e. The molecule has 2 bridgehead atoms. The molecule has 1 aliphatic carbocycles. The van der Waals surface area contributed by atoms with Crippen LogP contribution in [0.25, 0.3) is 0 Å². The molecule has 2 heteroatoms. The summed E-state index contributed by atoms with van der Waals surface area (Å²) < 4.78 is 0. The Kier molecular flexibility index (Phi) is 1.66. The lowest BCUT2D eigenvalue weighted by Gasteiger charge is -2.15. The molecule has 2 fully saturated rings. The van der Waals surface area contributed by atoms with Crippen molar-refractivity contribution in [2.45, 2.75) is 37.8 Å². The zero-order chi connectivity index (χ0) is 6.97. The quantitative estimate of drug-likeness (QED) is 0.513. The predicted octanol–water partition coefficient (Wildman–Crippen LogP) is 0.476. The smallest absolute Gasteiger partial charge is 0.0168 e. The molecule has 58 valence electrons. The van der Waals surface area contributed by atoms with Gasteiger partial charge in [-0.3, -0.25) is 0 Å². The van der Waals surface area contributed by atoms with Crippen LogP contribution in [0.4, 0.5) is 0 Å². The third kappa shape index (κ3) is 1.18. The van der Waals surface area contributed by atoms with Crippen molar-refractivity contribution >= 4 is 0 Å². The Morgan fingerprint density at radius 2 is 2.10 bits per heavy atom. The molecule has 1 aliphatic heterocycles. The Hall–Kier alpha value is -0.0800. The molecule has 0 amide bonds. The zero-order valence-corrected chi connectivity index (χ0v) is 6.34. The van der Waals surface area contributed by atoms with Crippen molar-refractivity contribution in [2.75, 3.05) is 6.54 Å². The third-order valence-electron chi connectivity index (χ3n) is 2.85. The molecule has 1 saturated carbocycles. The normalized spacial score (nSPS) is 47.1. The summed E-state index contributed by atoms with van der Waals surface area (Å²) >= 11 is 0. The van der Waals surface area contributed by atoms with Crippen LogP contribution in [-0.2, 0) is 0 Å². The average Bonchev–Trinajstić information content (AvgIpc) is 2.22. The van der Waals surface area contributed by atoms with E-state index in [1.807, 2.05) is 0 Å². The second-order valence-corrected chi connectivity index (χ2v) is 3.78. The van der Waals surface area contributed by atoms with Gasteiger partial charge in [-0.1, -0.05) is 0 Å². The first kappa shape index (κ1) is 6.62. The molecule has 2 nitrogen and oxygen atoms in total. The second-order valence-electron chi connectivity index (χ2n) is 3.78. The fourth-order valence-corrected chi connectivity index (χ4v) is 2.30. The van der Waals surface area contributed by atoms with Gasteiger partial charge in [0.15, 0.2) is 0 Å². The minimum absolute atomic E-state index is 0.426. The number of fused-ring (bicyclic) bond motifs is 2. The van der Waals surface area contributed by atoms with Crippen molar-refractivity contribution in [3.05, 3.63) is 0 Å². The first-order valence-corrected chi connectivity index (χ1v) is 4.33. The maximum atomic E-state index is 5.86. The standard InChI is InChI=1S/C8H16N2/c9-7-3-6-1-2-8(4-6)10-5-7/h6-8,10H,1-5,9H2/t6-,7-,8+/m1/s1. The number of nitrogens with one attached hydrogen (secondary N) is 1. The highest BCUT2D eigenvalue weighted by Gasteiger charge is 2.28. The predicted molar refractivity (Wildman–Crippen MR) is 41.7 cm³/mol. The summed E-state index contributed by atoms with van der Waals surface area (Å²) in [6, 6.07) is 1.23. The van der Waals surface area contributed by atoms with Gasteiger partial charge in [0, 0.05) is 18.6 Å². The number of hydrogen-bond acceptors (Lipinski definition) is 2. The van der Waals surface area contributed by atoms with Crippen molar-refractivity contribution in [1.82, 2.24) is 5.32 Å². The molecule has 0 aromatic carbocycles. The number of rotatable bonds is 0. The highest BCUT2D eigenvalue weighted by atomic mass is 15.0. The molecule has 0 aromatic heterocycles. The van der Waals surface area contributed by atoms with Crippen molar-refractivity contribution < 1.29 is 0 Å². The van der Waals surface area contributed by atoms with E-state index in [1.54, 1.807) is 0 Å². The lowest BCUT2D eigenvalue weighted by molar-refractivity contribution is 0.448. The second kappa shape index (κ2) is 2.51. The van der Waals surface area contributed by atoms with Gasteiger partial charge in [0.25, 0.3) is 0 Å². The summed E-state index contributed by atoms with van der Waals surface area (Å²) in [6.07, 6.45) is 5.43. The van der Waals surface area contributed by atoms with Crippen LogP contribution in [0.3, 0.4) is 0 Å². The fraction of sp³-hybridized carbons (Fsp3) is 1.00. The van der Waals surface area contributed by atoms with Gasteiger partial charge in [0.2, 0.25) is 0 Å². The highest BCUT2D eigenvalue weighted by molar-refractivity contribution is 4.87. The fourth-order valence-electron chi connectivity index (χ4n) is 2.30. The summed E-state index contributed by atoms with van der Waals surface area (Å²) in [6.45, 7) is 1.04. The first-order valence-electron chi connectivity index (χ1n) is 4.33. The van der Waals surface area contributed by atoms with Crippen molar-refractivity contribution in [1.29, 1.82) is 0 Å². The minimum atomic E-state index is 0.426. The topological polar surface area (TPSA) is 38.0 Å². The summed E-state index contributed by atoms with van der Waals surface area (Å²) in [5.74, 6) is 0.940. The van der Waals surface area contributed by atoms with E-state index >= 15 is 0 Å². The van der Waals surface area contributed by atoms with Crippen LogP contribution < -0.4 is 11.1 Å². The molecular formula is C8H16N2. The van der Waals surface area contributed by atoms with E-state index in [2.05, 4.69) is 5.32 Å². The highest BCUT2D eigenvalue weighted by Crippen LogP contribution is 2.30. The van der Waals surface area contributed by atoms with Gasteiger partial charge in [0.1, 0.15) is 0 Å². The lowest BCUT2D eigenvalue weighted by atomic mass is 10.00. The van der Waals surface area contributed by atoms with Crippen LogP contribution in [0, 0.1) is 5.92 Å². The van der Waals surface area contributed by atoms with Gasteiger partial charge in [-0.05, 0) is 31.6 Å². The van der Waals surface area contributed by atoms with Crippen LogP contribution in [0.5, 0.6) is 0 Å². The van der Waals surface area contributed by atoms with Crippen molar-refractivity contribution in [3.8, 4) is 0 Å². The number of nitrogens with two attached hydrogens (primary N) is 1. The molecule has 3 N–H and O–H groups in total. The minimum Gasteiger partial charge on any atom is -0.327 e. The van der Waals surface area contributed by atoms with E-state index in [9.17, 15) is 0 Å². The van der Waals surface area contributed by atoms with E-state index in [4.69, 9.17) is 5.73 Å². The molecule has 0 radical (unpaired) electrons. The van der Waals surface area contributed by atoms with E-state index in [1.165, 1.54) is 25.7 Å². The summed E-state index contributed by atoms with van der Waals surface area (Å²) in [7, 11) is 0. The van der Waals surface area contributed by atoms with Crippen LogP contribution in [0.1, 0.15) is 25.7 Å². The molecular weight excluding hydrogens is 124 g/mol. The Morgan fingerprint density at radius 1 is 1.20 bits per heavy atom. The van der Waals surface area contributed by atoms with Crippen LogP contribution in [0.2, 0.25) is 0 Å². The molecule has 3 atom stereocenters. The molecule has 10 heavy (non-hydrogen) atoms. The first-order chi connectivity index (χ1) is 4.84. The van der Waals surface area contributed by atoms with Gasteiger partial charge >= 0.3 is 0 Å². The van der Waals surface area contributed by atoms with Crippen LogP contribution in [0.15, 0.2) is 0 Å². The lowest BCUT2D eigenvalue weighted by Crippen LogP contribution is -2.37. The Morgan fingerprint density at radius 3 is 3.00 bits per heavy atom. The van der Waals surface area contributed by atoms with Crippen LogP contribution >= 0.6 is 0 Å². The monoisotopic (exact) mass is 140 g/mol. The average molecular weight is 140 g/mol. The van der Waals surface area contributed by atoms with Gasteiger partial charge in [-0.2, -0.15) is 0 Å². The number of hydrogen-bond donors (Lipinski definition) is 2. The molecule has 0 spiro atoms. The van der Waals surface area contributed by atoms with Gasteiger partial charge in [-0.15, -0.1) is 0 Å². The molecule has 2 aliphatic rings. The van der Waals surface area contributed by atoms with E-state index in [0.29, 0.717) is 6.04 Å². The van der Waals surface area contributed by atoms with Gasteiger partial charge < -0.3 is 11.1 Å². The molecule has 0 aromatic rings. The molecule has 1 saturated heterocycles.